The first-order valence-corrected chi connectivity index (χ1v) is 9.70. The molecule has 5 nitrogen and oxygen atoms in total. The van der Waals surface area contributed by atoms with E-state index in [4.69, 9.17) is 0 Å². The van der Waals surface area contributed by atoms with Crippen molar-refractivity contribution in [3.05, 3.63) is 35.9 Å². The number of hydrogen-bond donors (Lipinski definition) is 1. The van der Waals surface area contributed by atoms with Crippen LogP contribution in [0.15, 0.2) is 30.3 Å². The fourth-order valence-corrected chi connectivity index (χ4v) is 3.89. The van der Waals surface area contributed by atoms with E-state index in [1.807, 2.05) is 35.2 Å². The number of rotatable bonds is 4. The highest BCUT2D eigenvalue weighted by Crippen LogP contribution is 2.21. The van der Waals surface area contributed by atoms with E-state index in [2.05, 4.69) is 10.2 Å². The molecule has 2 saturated heterocycles. The van der Waals surface area contributed by atoms with Crippen LogP contribution in [0.3, 0.4) is 0 Å². The Morgan fingerprint density at radius 1 is 1.00 bits per heavy atom. The summed E-state index contributed by atoms with van der Waals surface area (Å²) >= 11 is 0. The molecule has 2 aliphatic rings. The van der Waals surface area contributed by atoms with E-state index >= 15 is 0 Å². The molecule has 0 unspecified atom stereocenters. The fraction of sp³-hybridized carbons (Fsp3) is 0.524. The third-order valence-corrected chi connectivity index (χ3v) is 5.33. The average molecular weight is 355 g/mol. The summed E-state index contributed by atoms with van der Waals surface area (Å²) in [5, 5.41) is 2.74. The molecule has 2 fully saturated rings. The Morgan fingerprint density at radius 2 is 1.65 bits per heavy atom. The highest BCUT2D eigenvalue weighted by Gasteiger charge is 2.26. The molecular weight excluding hydrogens is 326 g/mol. The minimum atomic E-state index is -0.0866. The minimum absolute atomic E-state index is 0.0866. The summed E-state index contributed by atoms with van der Waals surface area (Å²) in [6, 6.07) is 8.14. The lowest BCUT2D eigenvalue weighted by molar-refractivity contribution is -0.127. The van der Waals surface area contributed by atoms with Gasteiger partial charge in [0.15, 0.2) is 0 Å². The second kappa shape index (κ2) is 8.99. The van der Waals surface area contributed by atoms with Crippen LogP contribution in [-0.2, 0) is 9.59 Å². The summed E-state index contributed by atoms with van der Waals surface area (Å²) in [4.78, 5) is 28.1. The Labute approximate surface area is 156 Å². The third-order valence-electron chi connectivity index (χ3n) is 5.33. The van der Waals surface area contributed by atoms with Crippen molar-refractivity contribution in [3.63, 3.8) is 0 Å². The Balaban J connectivity index is 1.47. The summed E-state index contributed by atoms with van der Waals surface area (Å²) in [7, 11) is 0. The summed E-state index contributed by atoms with van der Waals surface area (Å²) in [6.07, 6.45) is 9.69. The van der Waals surface area contributed by atoms with Crippen LogP contribution in [0.25, 0.3) is 6.08 Å². The highest BCUT2D eigenvalue weighted by atomic mass is 16.2. The molecular formula is C21H29N3O2. The largest absolute Gasteiger partial charge is 0.339 e. The molecule has 0 bridgehead atoms. The number of nitrogens with zero attached hydrogens (tertiary/aromatic N) is 2. The average Bonchev–Trinajstić information content (AvgIpc) is 2.67. The van der Waals surface area contributed by atoms with Crippen molar-refractivity contribution >= 4 is 23.6 Å². The molecule has 26 heavy (non-hydrogen) atoms. The Kier molecular flexibility index (Phi) is 6.45. The summed E-state index contributed by atoms with van der Waals surface area (Å²) < 4.78 is 0. The molecule has 140 valence electrons. The predicted octanol–water partition coefficient (Wildman–Crippen LogP) is 3.14. The van der Waals surface area contributed by atoms with E-state index in [1.54, 1.807) is 6.08 Å². The Morgan fingerprint density at radius 3 is 2.27 bits per heavy atom. The van der Waals surface area contributed by atoms with Crippen LogP contribution in [0.4, 0.5) is 5.69 Å². The lowest BCUT2D eigenvalue weighted by atomic mass is 10.00. The van der Waals surface area contributed by atoms with Crippen LogP contribution in [0.2, 0.25) is 0 Å². The summed E-state index contributed by atoms with van der Waals surface area (Å²) in [5.41, 5.74) is 1.72. The van der Waals surface area contributed by atoms with Crippen molar-refractivity contribution in [2.75, 3.05) is 31.5 Å². The van der Waals surface area contributed by atoms with Gasteiger partial charge in [-0.3, -0.25) is 9.59 Å². The molecule has 5 heteroatoms. The maximum atomic E-state index is 12.4. The predicted molar refractivity (Wildman–Crippen MR) is 105 cm³/mol. The second-order valence-corrected chi connectivity index (χ2v) is 7.29. The molecule has 2 aliphatic heterocycles. The molecule has 2 heterocycles. The van der Waals surface area contributed by atoms with Gasteiger partial charge in [-0.2, -0.15) is 0 Å². The zero-order valence-corrected chi connectivity index (χ0v) is 15.6. The SMILES string of the molecule is CC(=O)Nc1ccc(/C=C/C(=O)N2CCC(N3CCCCC3)CC2)cc1. The van der Waals surface area contributed by atoms with Crippen LogP contribution in [0, 0.1) is 0 Å². The number of likely N-dealkylation sites (tertiary alicyclic amines) is 2. The van der Waals surface area contributed by atoms with E-state index in [0.29, 0.717) is 6.04 Å². The van der Waals surface area contributed by atoms with Gasteiger partial charge in [-0.15, -0.1) is 0 Å². The van der Waals surface area contributed by atoms with Crippen molar-refractivity contribution in [2.45, 2.75) is 45.1 Å². The number of anilines is 1. The van der Waals surface area contributed by atoms with E-state index in [1.165, 1.54) is 39.3 Å². The van der Waals surface area contributed by atoms with Gasteiger partial charge in [0.1, 0.15) is 0 Å². The third kappa shape index (κ3) is 5.18. The molecule has 0 aromatic heterocycles. The smallest absolute Gasteiger partial charge is 0.246 e. The number of amides is 2. The van der Waals surface area contributed by atoms with E-state index < -0.39 is 0 Å². The maximum Gasteiger partial charge on any atom is 0.246 e. The lowest BCUT2D eigenvalue weighted by Crippen LogP contribution is -2.47. The molecule has 0 radical (unpaired) electrons. The van der Waals surface area contributed by atoms with Crippen molar-refractivity contribution in [2.24, 2.45) is 0 Å². The molecule has 2 amide bonds. The van der Waals surface area contributed by atoms with Crippen LogP contribution in [0.1, 0.15) is 44.6 Å². The van der Waals surface area contributed by atoms with E-state index in [-0.39, 0.29) is 11.8 Å². The van der Waals surface area contributed by atoms with Gasteiger partial charge in [-0.1, -0.05) is 18.6 Å². The van der Waals surface area contributed by atoms with Gasteiger partial charge < -0.3 is 15.1 Å². The van der Waals surface area contributed by atoms with Crippen LogP contribution < -0.4 is 5.32 Å². The van der Waals surface area contributed by atoms with Crippen molar-refractivity contribution in [1.29, 1.82) is 0 Å². The zero-order chi connectivity index (χ0) is 18.4. The number of benzene rings is 1. The molecule has 3 rings (SSSR count). The van der Waals surface area contributed by atoms with Gasteiger partial charge in [0.05, 0.1) is 0 Å². The van der Waals surface area contributed by atoms with Crippen LogP contribution in [0.5, 0.6) is 0 Å². The van der Waals surface area contributed by atoms with Crippen molar-refractivity contribution < 1.29 is 9.59 Å². The van der Waals surface area contributed by atoms with Gasteiger partial charge in [0.25, 0.3) is 0 Å². The van der Waals surface area contributed by atoms with Crippen LogP contribution >= 0.6 is 0 Å². The van der Waals surface area contributed by atoms with E-state index in [9.17, 15) is 9.59 Å². The summed E-state index contributed by atoms with van der Waals surface area (Å²) in [6.45, 7) is 5.65. The molecule has 0 atom stereocenters. The van der Waals surface area contributed by atoms with Gasteiger partial charge in [-0.25, -0.2) is 0 Å². The monoisotopic (exact) mass is 355 g/mol. The van der Waals surface area contributed by atoms with Gasteiger partial charge >= 0.3 is 0 Å². The quantitative estimate of drug-likeness (QED) is 0.844. The highest BCUT2D eigenvalue weighted by molar-refractivity contribution is 5.92. The van der Waals surface area contributed by atoms with Gasteiger partial charge in [-0.05, 0) is 62.5 Å². The van der Waals surface area contributed by atoms with Gasteiger partial charge in [0.2, 0.25) is 11.8 Å². The van der Waals surface area contributed by atoms with Crippen molar-refractivity contribution in [1.82, 2.24) is 9.80 Å². The number of carbonyl (C=O) groups is 2. The number of hydrogen-bond acceptors (Lipinski definition) is 3. The minimum Gasteiger partial charge on any atom is -0.339 e. The number of nitrogens with one attached hydrogen (secondary N) is 1. The Bertz CT molecular complexity index is 640. The number of piperidine rings is 2. The Hall–Kier alpha value is -2.14. The second-order valence-electron chi connectivity index (χ2n) is 7.29. The first kappa shape index (κ1) is 18.6. The molecule has 1 aromatic rings. The topological polar surface area (TPSA) is 52.7 Å². The van der Waals surface area contributed by atoms with Gasteiger partial charge in [0, 0.05) is 37.8 Å². The number of carbonyl (C=O) groups excluding carboxylic acids is 2. The maximum absolute atomic E-state index is 12.4. The fourth-order valence-electron chi connectivity index (χ4n) is 3.89. The molecule has 1 aromatic carbocycles. The molecule has 0 aliphatic carbocycles. The first-order valence-electron chi connectivity index (χ1n) is 9.70. The van der Waals surface area contributed by atoms with E-state index in [0.717, 1.165) is 37.2 Å². The van der Waals surface area contributed by atoms with Crippen LogP contribution in [-0.4, -0.2) is 53.8 Å². The first-order chi connectivity index (χ1) is 12.6. The lowest BCUT2D eigenvalue weighted by Gasteiger charge is -2.40. The molecule has 0 spiro atoms. The molecule has 0 saturated carbocycles. The normalized spacial score (nSPS) is 19.7. The van der Waals surface area contributed by atoms with Crippen molar-refractivity contribution in [3.8, 4) is 0 Å². The molecule has 1 N–H and O–H groups in total. The standard InChI is InChI=1S/C21H29N3O2/c1-17(25)22-19-8-5-18(6-9-19)7-10-21(26)24-15-11-20(12-16-24)23-13-3-2-4-14-23/h5-10,20H,2-4,11-16H2,1H3,(H,22,25)/b10-7+. The summed E-state index contributed by atoms with van der Waals surface area (Å²) in [5.74, 6) is 0.00413. The zero-order valence-electron chi connectivity index (χ0n) is 15.6.